The Morgan fingerprint density at radius 3 is 2.65 bits per heavy atom. The van der Waals surface area contributed by atoms with Gasteiger partial charge in [-0.2, -0.15) is 0 Å². The van der Waals surface area contributed by atoms with Gasteiger partial charge in [0.05, 0.1) is 22.8 Å². The molecule has 2 amide bonds. The monoisotopic (exact) mass is 398 g/mol. The highest BCUT2D eigenvalue weighted by Crippen LogP contribution is 2.20. The first-order valence-electron chi connectivity index (χ1n) is 6.63. The zero-order chi connectivity index (χ0) is 17.0. The van der Waals surface area contributed by atoms with Crippen LogP contribution < -0.4 is 5.32 Å². The molecule has 0 aliphatic rings. The molecule has 0 atom stereocenters. The maximum atomic E-state index is 13.7. The van der Waals surface area contributed by atoms with E-state index in [4.69, 9.17) is 11.6 Å². The fraction of sp³-hybridized carbons (Fsp3) is 0.125. The SMILES string of the molecule is CN(CC(=O)Nc1ccccc1Cl)C(=O)c1cc(Br)ccc1F. The van der Waals surface area contributed by atoms with Gasteiger partial charge >= 0.3 is 0 Å². The van der Waals surface area contributed by atoms with Crippen molar-refractivity contribution in [2.75, 3.05) is 18.9 Å². The zero-order valence-electron chi connectivity index (χ0n) is 12.1. The second-order valence-electron chi connectivity index (χ2n) is 4.81. The van der Waals surface area contributed by atoms with Crippen LogP contribution in [0.5, 0.6) is 0 Å². The summed E-state index contributed by atoms with van der Waals surface area (Å²) in [6.07, 6.45) is 0. The summed E-state index contributed by atoms with van der Waals surface area (Å²) in [6.45, 7) is -0.226. The molecule has 0 radical (unpaired) electrons. The molecule has 120 valence electrons. The molecule has 2 rings (SSSR count). The van der Waals surface area contributed by atoms with Crippen molar-refractivity contribution in [1.29, 1.82) is 0 Å². The van der Waals surface area contributed by atoms with E-state index in [-0.39, 0.29) is 12.1 Å². The molecule has 1 N–H and O–H groups in total. The summed E-state index contributed by atoms with van der Waals surface area (Å²) in [4.78, 5) is 25.4. The topological polar surface area (TPSA) is 49.4 Å². The van der Waals surface area contributed by atoms with Crippen LogP contribution in [0.4, 0.5) is 10.1 Å². The van der Waals surface area contributed by atoms with Crippen molar-refractivity contribution in [3.63, 3.8) is 0 Å². The van der Waals surface area contributed by atoms with Gasteiger partial charge in [-0.05, 0) is 30.3 Å². The standard InChI is InChI=1S/C16H13BrClFN2O2/c1-21(16(23)11-8-10(17)6-7-13(11)19)9-15(22)20-14-5-3-2-4-12(14)18/h2-8H,9H2,1H3,(H,20,22). The number of anilines is 1. The highest BCUT2D eigenvalue weighted by molar-refractivity contribution is 9.10. The third-order valence-corrected chi connectivity index (χ3v) is 3.86. The van der Waals surface area contributed by atoms with Gasteiger partial charge in [-0.1, -0.05) is 39.7 Å². The molecule has 2 aromatic rings. The van der Waals surface area contributed by atoms with Crippen molar-refractivity contribution in [3.05, 3.63) is 63.3 Å². The van der Waals surface area contributed by atoms with Gasteiger partial charge in [0.1, 0.15) is 5.82 Å². The van der Waals surface area contributed by atoms with Crippen LogP contribution in [-0.2, 0) is 4.79 Å². The number of para-hydroxylation sites is 1. The molecule has 0 saturated carbocycles. The van der Waals surface area contributed by atoms with E-state index in [1.165, 1.54) is 25.2 Å². The summed E-state index contributed by atoms with van der Waals surface area (Å²) >= 11 is 9.14. The Labute approximate surface area is 146 Å². The highest BCUT2D eigenvalue weighted by atomic mass is 79.9. The Morgan fingerprint density at radius 2 is 1.96 bits per heavy atom. The lowest BCUT2D eigenvalue weighted by atomic mass is 10.2. The molecule has 0 spiro atoms. The number of carbonyl (C=O) groups excluding carboxylic acids is 2. The maximum absolute atomic E-state index is 13.7. The minimum Gasteiger partial charge on any atom is -0.332 e. The lowest BCUT2D eigenvalue weighted by molar-refractivity contribution is -0.116. The number of nitrogens with one attached hydrogen (secondary N) is 1. The molecule has 0 bridgehead atoms. The first-order chi connectivity index (χ1) is 10.9. The zero-order valence-corrected chi connectivity index (χ0v) is 14.5. The van der Waals surface area contributed by atoms with Gasteiger partial charge in [-0.15, -0.1) is 0 Å². The van der Waals surface area contributed by atoms with Crippen molar-refractivity contribution in [1.82, 2.24) is 4.90 Å². The summed E-state index contributed by atoms with van der Waals surface area (Å²) in [5.74, 6) is -1.65. The summed E-state index contributed by atoms with van der Waals surface area (Å²) < 4.78 is 14.3. The van der Waals surface area contributed by atoms with E-state index < -0.39 is 17.6 Å². The molecule has 0 saturated heterocycles. The van der Waals surface area contributed by atoms with Gasteiger partial charge in [0.15, 0.2) is 0 Å². The van der Waals surface area contributed by atoms with Crippen molar-refractivity contribution in [2.45, 2.75) is 0 Å². The van der Waals surface area contributed by atoms with Crippen LogP contribution in [0.15, 0.2) is 46.9 Å². The van der Waals surface area contributed by atoms with E-state index in [0.29, 0.717) is 15.2 Å². The van der Waals surface area contributed by atoms with E-state index >= 15 is 0 Å². The summed E-state index contributed by atoms with van der Waals surface area (Å²) in [7, 11) is 1.43. The molecule has 0 aliphatic heterocycles. The molecule has 23 heavy (non-hydrogen) atoms. The van der Waals surface area contributed by atoms with Crippen molar-refractivity contribution < 1.29 is 14.0 Å². The van der Waals surface area contributed by atoms with E-state index in [2.05, 4.69) is 21.2 Å². The predicted octanol–water partition coefficient (Wildman–Crippen LogP) is 3.95. The molecule has 2 aromatic carbocycles. The van der Waals surface area contributed by atoms with Crippen molar-refractivity contribution in [2.24, 2.45) is 0 Å². The Bertz CT molecular complexity index is 755. The average Bonchev–Trinajstić information content (AvgIpc) is 2.51. The fourth-order valence-electron chi connectivity index (χ4n) is 1.91. The minimum absolute atomic E-state index is 0.104. The van der Waals surface area contributed by atoms with Crippen LogP contribution in [-0.4, -0.2) is 30.3 Å². The lowest BCUT2D eigenvalue weighted by Crippen LogP contribution is -2.35. The Morgan fingerprint density at radius 1 is 1.26 bits per heavy atom. The van der Waals surface area contributed by atoms with Crippen LogP contribution in [0.1, 0.15) is 10.4 Å². The molecule has 4 nitrogen and oxygen atoms in total. The maximum Gasteiger partial charge on any atom is 0.257 e. The number of benzene rings is 2. The summed E-state index contributed by atoms with van der Waals surface area (Å²) in [5.41, 5.74) is 0.348. The third-order valence-electron chi connectivity index (χ3n) is 3.03. The number of carbonyl (C=O) groups is 2. The number of nitrogens with zero attached hydrogens (tertiary/aromatic N) is 1. The first kappa shape index (κ1) is 17.4. The highest BCUT2D eigenvalue weighted by Gasteiger charge is 2.19. The smallest absolute Gasteiger partial charge is 0.257 e. The minimum atomic E-state index is -0.642. The van der Waals surface area contributed by atoms with E-state index in [0.717, 1.165) is 4.90 Å². The third kappa shape index (κ3) is 4.53. The molecular formula is C16H13BrClFN2O2. The molecule has 0 heterocycles. The molecule has 0 fully saturated rings. The normalized spacial score (nSPS) is 10.3. The number of likely N-dealkylation sites (N-methyl/N-ethyl adjacent to an activating group) is 1. The molecule has 7 heteroatoms. The van der Waals surface area contributed by atoms with Crippen LogP contribution in [0, 0.1) is 5.82 Å². The lowest BCUT2D eigenvalue weighted by Gasteiger charge is -2.17. The number of halogens is 3. The average molecular weight is 400 g/mol. The molecular weight excluding hydrogens is 387 g/mol. The fourth-order valence-corrected chi connectivity index (χ4v) is 2.45. The summed E-state index contributed by atoms with van der Waals surface area (Å²) in [5, 5.41) is 3.00. The number of hydrogen-bond donors (Lipinski definition) is 1. The molecule has 0 aliphatic carbocycles. The van der Waals surface area contributed by atoms with E-state index in [1.807, 2.05) is 0 Å². The van der Waals surface area contributed by atoms with Crippen LogP contribution in [0.2, 0.25) is 5.02 Å². The number of rotatable bonds is 4. The van der Waals surface area contributed by atoms with Gasteiger partial charge < -0.3 is 10.2 Å². The Kier molecular flexibility index (Phi) is 5.74. The first-order valence-corrected chi connectivity index (χ1v) is 7.80. The number of amides is 2. The molecule has 0 unspecified atom stereocenters. The number of hydrogen-bond acceptors (Lipinski definition) is 2. The van der Waals surface area contributed by atoms with Crippen molar-refractivity contribution >= 4 is 45.0 Å². The molecule has 0 aromatic heterocycles. The second kappa shape index (κ2) is 7.57. The van der Waals surface area contributed by atoms with Gasteiger partial charge in [0, 0.05) is 11.5 Å². The van der Waals surface area contributed by atoms with Gasteiger partial charge in [-0.3, -0.25) is 9.59 Å². The van der Waals surface area contributed by atoms with E-state index in [9.17, 15) is 14.0 Å². The van der Waals surface area contributed by atoms with Crippen LogP contribution >= 0.6 is 27.5 Å². The Balaban J connectivity index is 2.05. The van der Waals surface area contributed by atoms with E-state index in [1.54, 1.807) is 24.3 Å². The van der Waals surface area contributed by atoms with Crippen molar-refractivity contribution in [3.8, 4) is 0 Å². The summed E-state index contributed by atoms with van der Waals surface area (Å²) in [6, 6.07) is 10.8. The van der Waals surface area contributed by atoms with Gasteiger partial charge in [0.25, 0.3) is 5.91 Å². The van der Waals surface area contributed by atoms with Gasteiger partial charge in [0.2, 0.25) is 5.91 Å². The van der Waals surface area contributed by atoms with Crippen LogP contribution in [0.25, 0.3) is 0 Å². The largest absolute Gasteiger partial charge is 0.332 e. The van der Waals surface area contributed by atoms with Crippen LogP contribution in [0.3, 0.4) is 0 Å². The van der Waals surface area contributed by atoms with Gasteiger partial charge in [-0.25, -0.2) is 4.39 Å². The Hall–Kier alpha value is -1.92. The quantitative estimate of drug-likeness (QED) is 0.846. The predicted molar refractivity (Wildman–Crippen MR) is 91.1 cm³/mol. The second-order valence-corrected chi connectivity index (χ2v) is 6.14.